The lowest BCUT2D eigenvalue weighted by molar-refractivity contribution is 0.0921. The van der Waals surface area contributed by atoms with Gasteiger partial charge in [-0.1, -0.05) is 32.0 Å². The normalized spacial score (nSPS) is 11.8. The van der Waals surface area contributed by atoms with Crippen LogP contribution in [0.3, 0.4) is 0 Å². The Hall–Kier alpha value is -0.930. The summed E-state index contributed by atoms with van der Waals surface area (Å²) in [6, 6.07) is 6.67. The molecular weight excluding hydrogens is 205 g/mol. The van der Waals surface area contributed by atoms with Gasteiger partial charge in [0.1, 0.15) is 5.82 Å². The Labute approximate surface area is 96.6 Å². The van der Waals surface area contributed by atoms with Gasteiger partial charge in [-0.3, -0.25) is 0 Å². The molecule has 0 atom stereocenters. The fourth-order valence-electron chi connectivity index (χ4n) is 1.25. The summed E-state index contributed by atoms with van der Waals surface area (Å²) in [4.78, 5) is 0. The molecule has 1 aromatic rings. The summed E-state index contributed by atoms with van der Waals surface area (Å²) in [6.07, 6.45) is 0.887. The summed E-state index contributed by atoms with van der Waals surface area (Å²) in [7, 11) is 0. The van der Waals surface area contributed by atoms with Gasteiger partial charge in [0.25, 0.3) is 0 Å². The van der Waals surface area contributed by atoms with Gasteiger partial charge in [0.15, 0.2) is 0 Å². The lowest BCUT2D eigenvalue weighted by Crippen LogP contribution is -2.25. The molecule has 90 valence electrons. The minimum Gasteiger partial charge on any atom is -0.377 e. The van der Waals surface area contributed by atoms with Crippen LogP contribution in [0.25, 0.3) is 0 Å². The molecule has 0 saturated heterocycles. The van der Waals surface area contributed by atoms with Crippen molar-refractivity contribution in [2.45, 2.75) is 26.9 Å². The van der Waals surface area contributed by atoms with E-state index in [-0.39, 0.29) is 11.2 Å². The van der Waals surface area contributed by atoms with E-state index in [0.29, 0.717) is 25.3 Å². The van der Waals surface area contributed by atoms with Crippen LogP contribution in [-0.4, -0.2) is 13.2 Å². The Morgan fingerprint density at radius 1 is 1.31 bits per heavy atom. The maximum Gasteiger partial charge on any atom is 0.128 e. The maximum absolute atomic E-state index is 13.2. The third-order valence-electron chi connectivity index (χ3n) is 2.69. The highest BCUT2D eigenvalue weighted by Crippen LogP contribution is 2.18. The first-order chi connectivity index (χ1) is 7.55. The first kappa shape index (κ1) is 13.1. The Balaban J connectivity index is 2.29. The molecule has 1 rings (SSSR count). The van der Waals surface area contributed by atoms with Gasteiger partial charge >= 0.3 is 0 Å². The maximum atomic E-state index is 13.2. The van der Waals surface area contributed by atoms with Crippen LogP contribution in [0.1, 0.15) is 25.8 Å². The SMILES string of the molecule is CC(C)(CN)CCOCc1ccccc1F. The molecular formula is C13H20FNO. The standard InChI is InChI=1S/C13H20FNO/c1-13(2,10-15)7-8-16-9-11-5-3-4-6-12(11)14/h3-6H,7-10,15H2,1-2H3. The molecule has 0 fully saturated rings. The van der Waals surface area contributed by atoms with E-state index in [2.05, 4.69) is 13.8 Å². The lowest BCUT2D eigenvalue weighted by Gasteiger charge is -2.21. The second-order valence-electron chi connectivity index (χ2n) is 4.76. The number of ether oxygens (including phenoxy) is 1. The third-order valence-corrected chi connectivity index (χ3v) is 2.69. The lowest BCUT2D eigenvalue weighted by atomic mass is 9.90. The molecule has 3 heteroatoms. The van der Waals surface area contributed by atoms with E-state index in [1.165, 1.54) is 6.07 Å². The molecule has 0 aliphatic carbocycles. The molecule has 2 N–H and O–H groups in total. The molecule has 1 aromatic carbocycles. The monoisotopic (exact) mass is 225 g/mol. The van der Waals surface area contributed by atoms with E-state index in [1.54, 1.807) is 12.1 Å². The van der Waals surface area contributed by atoms with Gasteiger partial charge in [0.2, 0.25) is 0 Å². The fourth-order valence-corrected chi connectivity index (χ4v) is 1.25. The third kappa shape index (κ3) is 4.29. The first-order valence-electron chi connectivity index (χ1n) is 5.56. The van der Waals surface area contributed by atoms with Crippen molar-refractivity contribution >= 4 is 0 Å². The molecule has 0 aliphatic rings. The molecule has 0 bridgehead atoms. The Morgan fingerprint density at radius 3 is 2.62 bits per heavy atom. The number of hydrogen-bond acceptors (Lipinski definition) is 2. The molecule has 0 unspecified atom stereocenters. The van der Waals surface area contributed by atoms with Crippen LogP contribution < -0.4 is 5.73 Å². The minimum atomic E-state index is -0.208. The average molecular weight is 225 g/mol. The van der Waals surface area contributed by atoms with Gasteiger partial charge in [0, 0.05) is 12.2 Å². The van der Waals surface area contributed by atoms with Crippen molar-refractivity contribution in [3.8, 4) is 0 Å². The summed E-state index contributed by atoms with van der Waals surface area (Å²) in [5.74, 6) is -0.208. The van der Waals surface area contributed by atoms with Crippen LogP contribution in [0.2, 0.25) is 0 Å². The number of rotatable bonds is 6. The number of benzene rings is 1. The van der Waals surface area contributed by atoms with Gasteiger partial charge in [-0.05, 0) is 24.4 Å². The summed E-state index contributed by atoms with van der Waals surface area (Å²) in [5.41, 5.74) is 6.31. The second-order valence-corrected chi connectivity index (χ2v) is 4.76. The predicted molar refractivity (Wildman–Crippen MR) is 63.5 cm³/mol. The Kier molecular flexibility index (Phi) is 4.90. The van der Waals surface area contributed by atoms with Gasteiger partial charge in [-0.25, -0.2) is 4.39 Å². The minimum absolute atomic E-state index is 0.0925. The van der Waals surface area contributed by atoms with Crippen LogP contribution in [0.5, 0.6) is 0 Å². The molecule has 2 nitrogen and oxygen atoms in total. The molecule has 0 aliphatic heterocycles. The van der Waals surface area contributed by atoms with E-state index < -0.39 is 0 Å². The van der Waals surface area contributed by atoms with Gasteiger partial charge in [-0.15, -0.1) is 0 Å². The Morgan fingerprint density at radius 2 is 2.00 bits per heavy atom. The highest BCUT2D eigenvalue weighted by Gasteiger charge is 2.14. The Bertz CT molecular complexity index is 325. The van der Waals surface area contributed by atoms with Crippen molar-refractivity contribution in [1.29, 1.82) is 0 Å². The van der Waals surface area contributed by atoms with Crippen LogP contribution >= 0.6 is 0 Å². The summed E-state index contributed by atoms with van der Waals surface area (Å²) >= 11 is 0. The van der Waals surface area contributed by atoms with E-state index in [4.69, 9.17) is 10.5 Å². The van der Waals surface area contributed by atoms with Crippen LogP contribution in [0.15, 0.2) is 24.3 Å². The number of hydrogen-bond donors (Lipinski definition) is 1. The fraction of sp³-hybridized carbons (Fsp3) is 0.538. The zero-order chi connectivity index (χ0) is 12.0. The first-order valence-corrected chi connectivity index (χ1v) is 5.56. The van der Waals surface area contributed by atoms with Gasteiger partial charge < -0.3 is 10.5 Å². The zero-order valence-electron chi connectivity index (χ0n) is 10.0. The van der Waals surface area contributed by atoms with Gasteiger partial charge in [0.05, 0.1) is 6.61 Å². The molecule has 16 heavy (non-hydrogen) atoms. The van der Waals surface area contributed by atoms with E-state index in [1.807, 2.05) is 6.07 Å². The van der Waals surface area contributed by atoms with Crippen LogP contribution in [-0.2, 0) is 11.3 Å². The highest BCUT2D eigenvalue weighted by molar-refractivity contribution is 5.16. The molecule has 0 heterocycles. The zero-order valence-corrected chi connectivity index (χ0v) is 10.0. The highest BCUT2D eigenvalue weighted by atomic mass is 19.1. The van der Waals surface area contributed by atoms with E-state index in [9.17, 15) is 4.39 Å². The van der Waals surface area contributed by atoms with Crippen LogP contribution in [0, 0.1) is 11.2 Å². The van der Waals surface area contributed by atoms with Crippen molar-refractivity contribution < 1.29 is 9.13 Å². The molecule has 0 amide bonds. The summed E-state index contributed by atoms with van der Waals surface area (Å²) in [6.45, 7) is 5.76. The summed E-state index contributed by atoms with van der Waals surface area (Å²) < 4.78 is 18.7. The molecule has 0 spiro atoms. The smallest absolute Gasteiger partial charge is 0.128 e. The topological polar surface area (TPSA) is 35.2 Å². The van der Waals surface area contributed by atoms with Crippen molar-refractivity contribution in [1.82, 2.24) is 0 Å². The molecule has 0 radical (unpaired) electrons. The molecule has 0 aromatic heterocycles. The summed E-state index contributed by atoms with van der Waals surface area (Å²) in [5, 5.41) is 0. The number of nitrogens with two attached hydrogens (primary N) is 1. The van der Waals surface area contributed by atoms with E-state index in [0.717, 1.165) is 6.42 Å². The van der Waals surface area contributed by atoms with E-state index >= 15 is 0 Å². The van der Waals surface area contributed by atoms with Crippen molar-refractivity contribution in [3.63, 3.8) is 0 Å². The predicted octanol–water partition coefficient (Wildman–Crippen LogP) is 2.72. The second kappa shape index (κ2) is 5.97. The quantitative estimate of drug-likeness (QED) is 0.755. The average Bonchev–Trinajstić information content (AvgIpc) is 2.27. The van der Waals surface area contributed by atoms with Crippen molar-refractivity contribution in [3.05, 3.63) is 35.6 Å². The van der Waals surface area contributed by atoms with Gasteiger partial charge in [-0.2, -0.15) is 0 Å². The van der Waals surface area contributed by atoms with Crippen molar-refractivity contribution in [2.24, 2.45) is 11.1 Å². The van der Waals surface area contributed by atoms with Crippen molar-refractivity contribution in [2.75, 3.05) is 13.2 Å². The van der Waals surface area contributed by atoms with Crippen LogP contribution in [0.4, 0.5) is 4.39 Å². The number of halogens is 1. The largest absolute Gasteiger partial charge is 0.377 e. The molecule has 0 saturated carbocycles.